The van der Waals surface area contributed by atoms with Crippen molar-refractivity contribution in [2.24, 2.45) is 0 Å². The van der Waals surface area contributed by atoms with Crippen LogP contribution in [0.2, 0.25) is 0 Å². The molecule has 0 bridgehead atoms. The minimum Gasteiger partial charge on any atom is -0.462 e. The Bertz CT molecular complexity index is 1500. The average Bonchev–Trinajstić information content (AvgIpc) is 3.47. The number of rotatable bonds is 66. The summed E-state index contributed by atoms with van der Waals surface area (Å²) in [6.07, 6.45) is 92.5. The molecule has 0 radical (unpaired) electrons. The van der Waals surface area contributed by atoms with Crippen LogP contribution in [-0.2, 0) is 28.6 Å². The molecule has 0 aliphatic heterocycles. The first-order chi connectivity index (χ1) is 40.5. The van der Waals surface area contributed by atoms with Crippen LogP contribution in [0.15, 0.2) is 72.9 Å². The van der Waals surface area contributed by atoms with Gasteiger partial charge in [0.25, 0.3) is 0 Å². The molecule has 0 aromatic rings. The Morgan fingerprint density at radius 1 is 0.256 bits per heavy atom. The fraction of sp³-hybridized carbons (Fsp3) is 0.803. The summed E-state index contributed by atoms with van der Waals surface area (Å²) < 4.78 is 16.9. The van der Waals surface area contributed by atoms with Gasteiger partial charge in [0.1, 0.15) is 13.2 Å². The zero-order valence-corrected chi connectivity index (χ0v) is 54.8. The molecule has 1 atom stereocenters. The summed E-state index contributed by atoms with van der Waals surface area (Å²) in [6, 6.07) is 0. The van der Waals surface area contributed by atoms with E-state index in [1.54, 1.807) is 0 Å². The van der Waals surface area contributed by atoms with Crippen molar-refractivity contribution in [2.75, 3.05) is 13.2 Å². The van der Waals surface area contributed by atoms with Crippen molar-refractivity contribution in [3.8, 4) is 0 Å². The van der Waals surface area contributed by atoms with Crippen molar-refractivity contribution < 1.29 is 28.6 Å². The molecule has 0 aromatic heterocycles. The molecule has 0 saturated heterocycles. The van der Waals surface area contributed by atoms with E-state index in [1.165, 1.54) is 218 Å². The van der Waals surface area contributed by atoms with Crippen molar-refractivity contribution in [3.05, 3.63) is 72.9 Å². The molecule has 0 heterocycles. The lowest BCUT2D eigenvalue weighted by Crippen LogP contribution is -2.30. The van der Waals surface area contributed by atoms with E-state index < -0.39 is 6.10 Å². The molecule has 0 fully saturated rings. The second kappa shape index (κ2) is 70.3. The van der Waals surface area contributed by atoms with Gasteiger partial charge in [-0.2, -0.15) is 0 Å². The van der Waals surface area contributed by atoms with Crippen molar-refractivity contribution in [2.45, 2.75) is 380 Å². The van der Waals surface area contributed by atoms with Gasteiger partial charge in [-0.3, -0.25) is 14.4 Å². The normalized spacial score (nSPS) is 12.5. The molecule has 0 rings (SSSR count). The van der Waals surface area contributed by atoms with Crippen LogP contribution in [0.3, 0.4) is 0 Å². The molecule has 6 heteroatoms. The number of unbranched alkanes of at least 4 members (excludes halogenated alkanes) is 43. The topological polar surface area (TPSA) is 78.9 Å². The van der Waals surface area contributed by atoms with E-state index in [-0.39, 0.29) is 31.1 Å². The number of ether oxygens (including phenoxy) is 3. The Labute approximate surface area is 510 Å². The Morgan fingerprint density at radius 2 is 0.488 bits per heavy atom. The van der Waals surface area contributed by atoms with E-state index in [1.807, 2.05) is 0 Å². The molecular weight excluding hydrogens is 1010 g/mol. The molecule has 0 saturated carbocycles. The zero-order chi connectivity index (χ0) is 59.2. The van der Waals surface area contributed by atoms with Crippen LogP contribution in [0.1, 0.15) is 374 Å². The number of allylic oxidation sites excluding steroid dienone is 12. The van der Waals surface area contributed by atoms with Crippen molar-refractivity contribution in [1.29, 1.82) is 0 Å². The molecule has 6 nitrogen and oxygen atoms in total. The monoisotopic (exact) mass is 1150 g/mol. The first-order valence-corrected chi connectivity index (χ1v) is 35.9. The molecule has 0 spiro atoms. The third-order valence-corrected chi connectivity index (χ3v) is 15.9. The summed E-state index contributed by atoms with van der Waals surface area (Å²) in [5, 5.41) is 0. The van der Waals surface area contributed by atoms with Gasteiger partial charge in [-0.1, -0.05) is 325 Å². The highest BCUT2D eigenvalue weighted by atomic mass is 16.6. The minimum atomic E-state index is -0.790. The fourth-order valence-corrected chi connectivity index (χ4v) is 10.5. The third-order valence-electron chi connectivity index (χ3n) is 15.9. The summed E-state index contributed by atoms with van der Waals surface area (Å²) in [6.45, 7) is 6.51. The van der Waals surface area contributed by atoms with Crippen LogP contribution in [0.5, 0.6) is 0 Å². The van der Waals surface area contributed by atoms with E-state index in [2.05, 4.69) is 93.7 Å². The lowest BCUT2D eigenvalue weighted by atomic mass is 10.0. The Morgan fingerprint density at radius 3 is 0.793 bits per heavy atom. The minimum absolute atomic E-state index is 0.0841. The van der Waals surface area contributed by atoms with Crippen LogP contribution < -0.4 is 0 Å². The van der Waals surface area contributed by atoms with E-state index >= 15 is 0 Å². The molecule has 0 N–H and O–H groups in total. The Balaban J connectivity index is 4.09. The predicted molar refractivity (Wildman–Crippen MR) is 358 cm³/mol. The Hall–Kier alpha value is -3.15. The quantitative estimate of drug-likeness (QED) is 0.0261. The highest BCUT2D eigenvalue weighted by Gasteiger charge is 2.19. The summed E-state index contributed by atoms with van der Waals surface area (Å²) in [5.74, 6) is -0.899. The van der Waals surface area contributed by atoms with Gasteiger partial charge in [0.2, 0.25) is 0 Å². The van der Waals surface area contributed by atoms with Gasteiger partial charge in [-0.15, -0.1) is 0 Å². The van der Waals surface area contributed by atoms with Crippen LogP contribution in [0.25, 0.3) is 0 Å². The van der Waals surface area contributed by atoms with Crippen LogP contribution in [0, 0.1) is 0 Å². The van der Waals surface area contributed by atoms with Crippen molar-refractivity contribution in [1.82, 2.24) is 0 Å². The van der Waals surface area contributed by atoms with Crippen molar-refractivity contribution >= 4 is 17.9 Å². The molecule has 0 aliphatic rings. The smallest absolute Gasteiger partial charge is 0.306 e. The molecule has 476 valence electrons. The maximum Gasteiger partial charge on any atom is 0.306 e. The standard InChI is InChI=1S/C76H136O6/c1-4-7-10-13-16-19-22-25-28-29-30-31-32-33-34-35-36-37-38-39-40-41-42-43-44-45-46-47-49-51-54-57-60-63-66-69-75(78)81-72-73(71-80-74(77)68-65-62-59-56-53-50-27-24-21-18-15-12-9-6-3)82-76(79)70-67-64-61-58-55-52-48-26-23-20-17-14-11-8-5-2/h8,11,15,17-18,20,24,26-27,29-30,48,73H,4-7,9-10,12-14,16,19,21-23,25,28,31-47,49-72H2,1-3H3/b11-8-,18-15-,20-17-,27-24-,30-29-,48-26-. The SMILES string of the molecule is CC/C=C\C/C=C\C/C=C\CCCCCCCC(=O)OC(COC(=O)CCCCCCC/C=C\C/C=C\CCCC)COC(=O)CCCCCCCCCCCCCCCCCCCCCCCCC/C=C\CCCCCCCCCC. The number of carbonyl (C=O) groups is 3. The van der Waals surface area contributed by atoms with Crippen LogP contribution in [0.4, 0.5) is 0 Å². The molecular formula is C76H136O6. The maximum atomic E-state index is 12.9. The maximum absolute atomic E-state index is 12.9. The van der Waals surface area contributed by atoms with Gasteiger partial charge in [0, 0.05) is 19.3 Å². The highest BCUT2D eigenvalue weighted by molar-refractivity contribution is 5.71. The van der Waals surface area contributed by atoms with Crippen LogP contribution in [-0.4, -0.2) is 37.2 Å². The van der Waals surface area contributed by atoms with Crippen LogP contribution >= 0.6 is 0 Å². The Kier molecular flexibility index (Phi) is 67.6. The number of esters is 3. The fourth-order valence-electron chi connectivity index (χ4n) is 10.5. The van der Waals surface area contributed by atoms with Gasteiger partial charge in [-0.25, -0.2) is 0 Å². The molecule has 82 heavy (non-hydrogen) atoms. The largest absolute Gasteiger partial charge is 0.462 e. The number of hydrogen-bond donors (Lipinski definition) is 0. The molecule has 0 aliphatic carbocycles. The van der Waals surface area contributed by atoms with E-state index in [4.69, 9.17) is 14.2 Å². The molecule has 0 amide bonds. The number of hydrogen-bond acceptors (Lipinski definition) is 6. The van der Waals surface area contributed by atoms with Gasteiger partial charge in [0.05, 0.1) is 0 Å². The first-order valence-electron chi connectivity index (χ1n) is 35.9. The second-order valence-electron chi connectivity index (χ2n) is 24.1. The second-order valence-corrected chi connectivity index (χ2v) is 24.1. The first kappa shape index (κ1) is 78.8. The summed E-state index contributed by atoms with van der Waals surface area (Å²) in [4.78, 5) is 38.3. The van der Waals surface area contributed by atoms with Crippen molar-refractivity contribution in [3.63, 3.8) is 0 Å². The van der Waals surface area contributed by atoms with E-state index in [0.29, 0.717) is 19.3 Å². The highest BCUT2D eigenvalue weighted by Crippen LogP contribution is 2.18. The van der Waals surface area contributed by atoms with Gasteiger partial charge in [0.15, 0.2) is 6.10 Å². The predicted octanol–water partition coefficient (Wildman–Crippen LogP) is 24.8. The summed E-state index contributed by atoms with van der Waals surface area (Å²) in [5.41, 5.74) is 0. The molecule has 0 aromatic carbocycles. The van der Waals surface area contributed by atoms with Gasteiger partial charge in [-0.05, 0) is 103 Å². The van der Waals surface area contributed by atoms with E-state index in [0.717, 1.165) is 116 Å². The van der Waals surface area contributed by atoms with Gasteiger partial charge < -0.3 is 14.2 Å². The third kappa shape index (κ3) is 67.6. The number of carbonyl (C=O) groups excluding carboxylic acids is 3. The summed E-state index contributed by atoms with van der Waals surface area (Å²) in [7, 11) is 0. The summed E-state index contributed by atoms with van der Waals surface area (Å²) >= 11 is 0. The lowest BCUT2D eigenvalue weighted by Gasteiger charge is -2.18. The zero-order valence-electron chi connectivity index (χ0n) is 54.8. The van der Waals surface area contributed by atoms with Gasteiger partial charge >= 0.3 is 17.9 Å². The average molecular weight is 1150 g/mol. The lowest BCUT2D eigenvalue weighted by molar-refractivity contribution is -0.167. The molecule has 1 unspecified atom stereocenters. The van der Waals surface area contributed by atoms with E-state index in [9.17, 15) is 14.4 Å².